The highest BCUT2D eigenvalue weighted by molar-refractivity contribution is 5.59. The van der Waals surface area contributed by atoms with Crippen molar-refractivity contribution in [3.63, 3.8) is 0 Å². The van der Waals surface area contributed by atoms with E-state index in [0.717, 1.165) is 25.6 Å². The maximum atomic E-state index is 13.6. The molecule has 1 saturated heterocycles. The van der Waals surface area contributed by atoms with Crippen LogP contribution in [0.3, 0.4) is 0 Å². The molecule has 1 N–H and O–H groups in total. The molecule has 2 heterocycles. The Bertz CT molecular complexity index is 574. The number of aromatic nitrogens is 2. The molecule has 5 heteroatoms. The molecule has 0 saturated carbocycles. The van der Waals surface area contributed by atoms with Crippen molar-refractivity contribution in [3.8, 4) is 11.3 Å². The van der Waals surface area contributed by atoms with Gasteiger partial charge in [-0.05, 0) is 37.6 Å². The van der Waals surface area contributed by atoms with Gasteiger partial charge < -0.3 is 5.32 Å². The quantitative estimate of drug-likeness (QED) is 0.922. The normalized spacial score (nSPS) is 18.9. The molecular weight excluding hydrogens is 248 g/mol. The highest BCUT2D eigenvalue weighted by Gasteiger charge is 2.15. The maximum absolute atomic E-state index is 13.6. The molecule has 0 spiro atoms. The van der Waals surface area contributed by atoms with E-state index >= 15 is 0 Å². The molecule has 1 aliphatic heterocycles. The van der Waals surface area contributed by atoms with Crippen molar-refractivity contribution in [3.05, 3.63) is 42.1 Å². The summed E-state index contributed by atoms with van der Waals surface area (Å²) in [5, 5.41) is 7.74. The van der Waals surface area contributed by atoms with Crippen molar-refractivity contribution < 1.29 is 8.78 Å². The SMILES string of the molecule is Fc1ccc(-c2ccn(CC3CCCN3)n2)c(F)c1. The van der Waals surface area contributed by atoms with Crippen molar-refractivity contribution in [1.82, 2.24) is 15.1 Å². The molecule has 0 bridgehead atoms. The van der Waals surface area contributed by atoms with Gasteiger partial charge in [-0.2, -0.15) is 5.10 Å². The van der Waals surface area contributed by atoms with Gasteiger partial charge in [-0.1, -0.05) is 0 Å². The Labute approximate surface area is 110 Å². The lowest BCUT2D eigenvalue weighted by atomic mass is 10.1. The Balaban J connectivity index is 1.80. The van der Waals surface area contributed by atoms with Crippen molar-refractivity contribution in [2.45, 2.75) is 25.4 Å². The Hall–Kier alpha value is -1.75. The Morgan fingerprint density at radius 3 is 2.95 bits per heavy atom. The average molecular weight is 263 g/mol. The third kappa shape index (κ3) is 2.66. The molecule has 1 aromatic heterocycles. The van der Waals surface area contributed by atoms with Gasteiger partial charge in [0.25, 0.3) is 0 Å². The first-order valence-electron chi connectivity index (χ1n) is 6.44. The molecule has 3 rings (SSSR count). The van der Waals surface area contributed by atoms with E-state index in [1.54, 1.807) is 10.7 Å². The highest BCUT2D eigenvalue weighted by atomic mass is 19.1. The van der Waals surface area contributed by atoms with Crippen LogP contribution in [0.1, 0.15) is 12.8 Å². The van der Waals surface area contributed by atoms with Crippen molar-refractivity contribution in [2.75, 3.05) is 6.54 Å². The summed E-state index contributed by atoms with van der Waals surface area (Å²) in [5.41, 5.74) is 0.870. The summed E-state index contributed by atoms with van der Waals surface area (Å²) in [6.45, 7) is 1.83. The minimum absolute atomic E-state index is 0.333. The molecule has 1 aromatic carbocycles. The largest absolute Gasteiger partial charge is 0.312 e. The van der Waals surface area contributed by atoms with Crippen molar-refractivity contribution in [2.24, 2.45) is 0 Å². The molecule has 1 fully saturated rings. The summed E-state index contributed by atoms with van der Waals surface area (Å²) in [6, 6.07) is 5.74. The zero-order chi connectivity index (χ0) is 13.2. The van der Waals surface area contributed by atoms with Crippen LogP contribution in [0.4, 0.5) is 8.78 Å². The highest BCUT2D eigenvalue weighted by Crippen LogP contribution is 2.21. The summed E-state index contributed by atoms with van der Waals surface area (Å²) < 4.78 is 28.3. The van der Waals surface area contributed by atoms with E-state index in [-0.39, 0.29) is 0 Å². The number of rotatable bonds is 3. The van der Waals surface area contributed by atoms with Crippen molar-refractivity contribution in [1.29, 1.82) is 0 Å². The van der Waals surface area contributed by atoms with Gasteiger partial charge in [0.2, 0.25) is 0 Å². The number of benzene rings is 1. The molecule has 2 aromatic rings. The van der Waals surface area contributed by atoms with E-state index in [9.17, 15) is 8.78 Å². The first kappa shape index (κ1) is 12.3. The van der Waals surface area contributed by atoms with E-state index in [1.165, 1.54) is 18.6 Å². The van der Waals surface area contributed by atoms with Gasteiger partial charge in [0.1, 0.15) is 11.6 Å². The topological polar surface area (TPSA) is 29.9 Å². The second-order valence-corrected chi connectivity index (χ2v) is 4.84. The molecule has 0 aliphatic carbocycles. The average Bonchev–Trinajstić information content (AvgIpc) is 3.01. The van der Waals surface area contributed by atoms with Gasteiger partial charge in [-0.15, -0.1) is 0 Å². The molecule has 1 atom stereocenters. The summed E-state index contributed by atoms with van der Waals surface area (Å²) in [5.74, 6) is -1.15. The van der Waals surface area contributed by atoms with Crippen LogP contribution in [-0.2, 0) is 6.54 Å². The van der Waals surface area contributed by atoms with E-state index in [4.69, 9.17) is 0 Å². The monoisotopic (exact) mass is 263 g/mol. The first-order chi connectivity index (χ1) is 9.22. The standard InChI is InChI=1S/C14H15F2N3/c15-10-3-4-12(13(16)8-10)14-5-7-19(18-14)9-11-2-1-6-17-11/h3-5,7-8,11,17H,1-2,6,9H2. The molecule has 0 radical (unpaired) electrons. The summed E-state index contributed by atoms with van der Waals surface area (Å²) in [7, 11) is 0. The number of hydrogen-bond acceptors (Lipinski definition) is 2. The summed E-state index contributed by atoms with van der Waals surface area (Å²) in [6.07, 6.45) is 4.16. The first-order valence-corrected chi connectivity index (χ1v) is 6.44. The molecule has 100 valence electrons. The second kappa shape index (κ2) is 5.09. The molecule has 1 aliphatic rings. The zero-order valence-electron chi connectivity index (χ0n) is 10.4. The molecule has 3 nitrogen and oxygen atoms in total. The van der Waals surface area contributed by atoms with Crippen LogP contribution in [0.5, 0.6) is 0 Å². The van der Waals surface area contributed by atoms with Crippen LogP contribution in [0.25, 0.3) is 11.3 Å². The minimum Gasteiger partial charge on any atom is -0.312 e. The molecule has 0 amide bonds. The second-order valence-electron chi connectivity index (χ2n) is 4.84. The van der Waals surface area contributed by atoms with Crippen LogP contribution >= 0.6 is 0 Å². The van der Waals surface area contributed by atoms with E-state index in [1.807, 2.05) is 6.20 Å². The fourth-order valence-corrected chi connectivity index (χ4v) is 2.44. The van der Waals surface area contributed by atoms with Gasteiger partial charge >= 0.3 is 0 Å². The summed E-state index contributed by atoms with van der Waals surface area (Å²) >= 11 is 0. The lowest BCUT2D eigenvalue weighted by molar-refractivity contribution is 0.476. The number of halogens is 2. The minimum atomic E-state index is -0.579. The van der Waals surface area contributed by atoms with Gasteiger partial charge in [0.15, 0.2) is 0 Å². The Morgan fingerprint density at radius 2 is 2.21 bits per heavy atom. The zero-order valence-corrected chi connectivity index (χ0v) is 10.4. The van der Waals surface area contributed by atoms with E-state index in [0.29, 0.717) is 17.3 Å². The van der Waals surface area contributed by atoms with E-state index < -0.39 is 11.6 Å². The van der Waals surface area contributed by atoms with Crippen LogP contribution in [-0.4, -0.2) is 22.4 Å². The van der Waals surface area contributed by atoms with Crippen LogP contribution in [0, 0.1) is 11.6 Å². The summed E-state index contributed by atoms with van der Waals surface area (Å²) in [4.78, 5) is 0. The number of nitrogens with one attached hydrogen (secondary N) is 1. The van der Waals surface area contributed by atoms with Gasteiger partial charge in [0, 0.05) is 23.9 Å². The molecule has 1 unspecified atom stereocenters. The lowest BCUT2D eigenvalue weighted by Gasteiger charge is -2.09. The Kier molecular flexibility index (Phi) is 3.29. The van der Waals surface area contributed by atoms with Gasteiger partial charge in [-0.25, -0.2) is 8.78 Å². The van der Waals surface area contributed by atoms with Crippen LogP contribution in [0.15, 0.2) is 30.5 Å². The predicted molar refractivity (Wildman–Crippen MR) is 68.6 cm³/mol. The van der Waals surface area contributed by atoms with Gasteiger partial charge in [-0.3, -0.25) is 4.68 Å². The van der Waals surface area contributed by atoms with Crippen LogP contribution < -0.4 is 5.32 Å². The number of hydrogen-bond donors (Lipinski definition) is 1. The maximum Gasteiger partial charge on any atom is 0.135 e. The van der Waals surface area contributed by atoms with Crippen molar-refractivity contribution >= 4 is 0 Å². The Morgan fingerprint density at radius 1 is 1.32 bits per heavy atom. The molecular formula is C14H15F2N3. The fraction of sp³-hybridized carbons (Fsp3) is 0.357. The molecule has 19 heavy (non-hydrogen) atoms. The smallest absolute Gasteiger partial charge is 0.135 e. The predicted octanol–water partition coefficient (Wildman–Crippen LogP) is 2.58. The van der Waals surface area contributed by atoms with Crippen LogP contribution in [0.2, 0.25) is 0 Å². The number of nitrogens with zero attached hydrogens (tertiary/aromatic N) is 2. The third-order valence-corrected chi connectivity index (χ3v) is 3.42. The van der Waals surface area contributed by atoms with Gasteiger partial charge in [0.05, 0.1) is 12.2 Å². The fourth-order valence-electron chi connectivity index (χ4n) is 2.44. The van der Waals surface area contributed by atoms with E-state index in [2.05, 4.69) is 10.4 Å². The third-order valence-electron chi connectivity index (χ3n) is 3.42. The lowest BCUT2D eigenvalue weighted by Crippen LogP contribution is -2.26.